The molecule has 0 amide bonds. The second-order valence-electron chi connectivity index (χ2n) is 16.3. The van der Waals surface area contributed by atoms with E-state index < -0.39 is 22.7 Å². The minimum absolute atomic E-state index is 0.0312. The van der Waals surface area contributed by atoms with E-state index in [1.54, 1.807) is 13.0 Å². The van der Waals surface area contributed by atoms with Crippen LogP contribution in [0.4, 0.5) is 0 Å². The number of hydrogen-bond acceptors (Lipinski definition) is 6. The SMILES string of the molecule is C=C(C)CC[C@H](C[C@H]1C[C@H](O[Si](C)(C)C(C)(C)C)C/C(C)=C/C/C=C/C/C(CCO[Si](C)(C)C(C)(C)C)=C\C(=O)O1)OC(=O)CC. The Balaban J connectivity index is 3.47. The largest absolute Gasteiger partial charge is 0.462 e. The van der Waals surface area contributed by atoms with Crippen molar-refractivity contribution < 1.29 is 27.9 Å². The minimum Gasteiger partial charge on any atom is -0.462 e. The Morgan fingerprint density at radius 1 is 1.07 bits per heavy atom. The molecule has 0 bridgehead atoms. The molecule has 0 aliphatic carbocycles. The standard InChI is InChI=1S/C38H68O6Si2/c1-15-35(39)42-32(22-21-29(2)3)27-33-28-34(44-46(13,14)38(8,9)10)25-30(4)19-17-16-18-20-31(26-36(40)43-33)23-24-41-45(11,12)37(5,6)7/h16,18-19,26,32-34H,2,15,17,20-25,27-28H2,1,3-14H3/b18-16+,30-19+,31-26+/t32-,33+,34-/m1/s1. The highest BCUT2D eigenvalue weighted by Gasteiger charge is 2.40. The Kier molecular flexibility index (Phi) is 17.2. The molecule has 8 heteroatoms. The molecule has 0 fully saturated rings. The van der Waals surface area contributed by atoms with Gasteiger partial charge in [0.05, 0.1) is 6.10 Å². The van der Waals surface area contributed by atoms with Gasteiger partial charge in [0.25, 0.3) is 0 Å². The van der Waals surface area contributed by atoms with E-state index in [1.807, 2.05) is 6.92 Å². The van der Waals surface area contributed by atoms with Crippen LogP contribution in [0.2, 0.25) is 36.3 Å². The normalized spacial score (nSPS) is 23.2. The molecule has 3 atom stereocenters. The van der Waals surface area contributed by atoms with Crippen molar-refractivity contribution in [2.45, 2.75) is 175 Å². The highest BCUT2D eigenvalue weighted by Crippen LogP contribution is 2.39. The molecule has 1 heterocycles. The van der Waals surface area contributed by atoms with Crippen molar-refractivity contribution in [3.63, 3.8) is 0 Å². The summed E-state index contributed by atoms with van der Waals surface area (Å²) in [6.45, 7) is 33.0. The molecule has 0 N–H and O–H groups in total. The van der Waals surface area contributed by atoms with Gasteiger partial charge in [-0.15, -0.1) is 6.58 Å². The summed E-state index contributed by atoms with van der Waals surface area (Å²) in [5.41, 5.74) is 3.27. The molecule has 46 heavy (non-hydrogen) atoms. The Morgan fingerprint density at radius 2 is 1.70 bits per heavy atom. The van der Waals surface area contributed by atoms with Crippen molar-refractivity contribution in [3.05, 3.63) is 47.6 Å². The third-order valence-electron chi connectivity index (χ3n) is 9.79. The Labute approximate surface area is 284 Å². The second kappa shape index (κ2) is 18.7. The van der Waals surface area contributed by atoms with E-state index in [-0.39, 0.29) is 34.2 Å². The molecule has 6 nitrogen and oxygen atoms in total. The molecule has 264 valence electrons. The fraction of sp³-hybridized carbons (Fsp3) is 0.737. The fourth-order valence-electron chi connectivity index (χ4n) is 4.74. The highest BCUT2D eigenvalue weighted by molar-refractivity contribution is 6.74. The van der Waals surface area contributed by atoms with E-state index in [1.165, 1.54) is 5.57 Å². The van der Waals surface area contributed by atoms with Crippen LogP contribution in [0.3, 0.4) is 0 Å². The number of rotatable bonds is 13. The van der Waals surface area contributed by atoms with Crippen molar-refractivity contribution in [2.24, 2.45) is 0 Å². The number of ether oxygens (including phenoxy) is 2. The molecule has 0 aromatic carbocycles. The van der Waals surface area contributed by atoms with Crippen LogP contribution in [-0.2, 0) is 27.9 Å². The maximum Gasteiger partial charge on any atom is 0.330 e. The van der Waals surface area contributed by atoms with Crippen LogP contribution in [0.5, 0.6) is 0 Å². The average molecular weight is 677 g/mol. The molecule has 1 aliphatic heterocycles. The van der Waals surface area contributed by atoms with Crippen LogP contribution < -0.4 is 0 Å². The summed E-state index contributed by atoms with van der Waals surface area (Å²) in [6, 6.07) is 0. The first-order chi connectivity index (χ1) is 21.1. The Hall–Kier alpha value is -1.75. The van der Waals surface area contributed by atoms with Gasteiger partial charge in [-0.05, 0) is 88.6 Å². The van der Waals surface area contributed by atoms with E-state index in [0.717, 1.165) is 30.4 Å². The maximum absolute atomic E-state index is 13.6. The zero-order valence-corrected chi connectivity index (χ0v) is 33.8. The first-order valence-electron chi connectivity index (χ1n) is 17.4. The number of hydrogen-bond donors (Lipinski definition) is 0. The van der Waals surface area contributed by atoms with E-state index >= 15 is 0 Å². The van der Waals surface area contributed by atoms with Crippen molar-refractivity contribution in [3.8, 4) is 0 Å². The predicted molar refractivity (Wildman–Crippen MR) is 198 cm³/mol. The van der Waals surface area contributed by atoms with Gasteiger partial charge < -0.3 is 18.3 Å². The van der Waals surface area contributed by atoms with Gasteiger partial charge in [-0.1, -0.05) is 83.4 Å². The zero-order valence-electron chi connectivity index (χ0n) is 31.8. The molecule has 0 radical (unpaired) electrons. The van der Waals surface area contributed by atoms with Gasteiger partial charge in [0.15, 0.2) is 16.6 Å². The summed E-state index contributed by atoms with van der Waals surface area (Å²) >= 11 is 0. The molecule has 0 aromatic heterocycles. The monoisotopic (exact) mass is 676 g/mol. The lowest BCUT2D eigenvalue weighted by Gasteiger charge is -2.40. The van der Waals surface area contributed by atoms with Gasteiger partial charge in [0.1, 0.15) is 12.2 Å². The Bertz CT molecular complexity index is 1090. The molecule has 0 saturated carbocycles. The summed E-state index contributed by atoms with van der Waals surface area (Å²) in [6.07, 6.45) is 12.8. The molecular weight excluding hydrogens is 609 g/mol. The smallest absolute Gasteiger partial charge is 0.330 e. The summed E-state index contributed by atoms with van der Waals surface area (Å²) in [5, 5.41) is 0.148. The zero-order chi connectivity index (χ0) is 35.3. The third kappa shape index (κ3) is 15.9. The van der Waals surface area contributed by atoms with Crippen molar-refractivity contribution in [2.75, 3.05) is 6.61 Å². The number of esters is 2. The summed E-state index contributed by atoms with van der Waals surface area (Å²) < 4.78 is 25.6. The van der Waals surface area contributed by atoms with Gasteiger partial charge in [-0.25, -0.2) is 4.79 Å². The molecule has 1 aliphatic rings. The van der Waals surface area contributed by atoms with Crippen LogP contribution in [0.25, 0.3) is 0 Å². The van der Waals surface area contributed by atoms with Crippen LogP contribution >= 0.6 is 0 Å². The van der Waals surface area contributed by atoms with E-state index in [9.17, 15) is 9.59 Å². The first-order valence-corrected chi connectivity index (χ1v) is 23.2. The maximum atomic E-state index is 13.6. The molecule has 1 rings (SSSR count). The number of carbonyl (C=O) groups excluding carboxylic acids is 2. The van der Waals surface area contributed by atoms with Gasteiger partial charge in [0, 0.05) is 31.9 Å². The number of carbonyl (C=O) groups is 2. The second-order valence-corrected chi connectivity index (χ2v) is 25.9. The minimum atomic E-state index is -2.14. The average Bonchev–Trinajstić information content (AvgIpc) is 2.88. The lowest BCUT2D eigenvalue weighted by Crippen LogP contribution is -2.45. The quantitative estimate of drug-likeness (QED) is 0.110. The lowest BCUT2D eigenvalue weighted by atomic mass is 9.97. The highest BCUT2D eigenvalue weighted by atomic mass is 28.4. The van der Waals surface area contributed by atoms with Crippen LogP contribution in [0, 0.1) is 0 Å². The summed E-state index contributed by atoms with van der Waals surface area (Å²) in [5.74, 6) is -0.612. The Morgan fingerprint density at radius 3 is 2.26 bits per heavy atom. The topological polar surface area (TPSA) is 71.1 Å². The number of cyclic esters (lactones) is 1. The van der Waals surface area contributed by atoms with Gasteiger partial charge >= 0.3 is 11.9 Å². The first kappa shape index (κ1) is 42.3. The van der Waals surface area contributed by atoms with Gasteiger partial charge in [-0.2, -0.15) is 0 Å². The van der Waals surface area contributed by atoms with E-state index in [2.05, 4.69) is 99.5 Å². The molecule has 0 aromatic rings. The van der Waals surface area contributed by atoms with Gasteiger partial charge in [-0.3, -0.25) is 4.79 Å². The van der Waals surface area contributed by atoms with Crippen molar-refractivity contribution in [1.82, 2.24) is 0 Å². The fourth-order valence-corrected chi connectivity index (χ4v) is 7.15. The third-order valence-corrected chi connectivity index (χ3v) is 18.9. The molecule has 0 unspecified atom stereocenters. The number of allylic oxidation sites excluding steroid dienone is 4. The molecular formula is C38H68O6Si2. The lowest BCUT2D eigenvalue weighted by molar-refractivity contribution is -0.154. The summed E-state index contributed by atoms with van der Waals surface area (Å²) in [4.78, 5) is 26.0. The van der Waals surface area contributed by atoms with E-state index in [0.29, 0.717) is 45.1 Å². The molecule has 0 spiro atoms. The van der Waals surface area contributed by atoms with Crippen LogP contribution in [0.15, 0.2) is 47.6 Å². The van der Waals surface area contributed by atoms with Crippen LogP contribution in [0.1, 0.15) is 120 Å². The summed E-state index contributed by atoms with van der Waals surface area (Å²) in [7, 11) is -4.05. The van der Waals surface area contributed by atoms with Gasteiger partial charge in [0.2, 0.25) is 0 Å². The van der Waals surface area contributed by atoms with Crippen molar-refractivity contribution in [1.29, 1.82) is 0 Å². The van der Waals surface area contributed by atoms with Crippen molar-refractivity contribution >= 4 is 28.6 Å². The predicted octanol–water partition coefficient (Wildman–Crippen LogP) is 10.8. The van der Waals surface area contributed by atoms with Crippen LogP contribution in [-0.4, -0.2) is 53.5 Å². The molecule has 0 saturated heterocycles. The van der Waals surface area contributed by atoms with E-state index in [4.69, 9.17) is 18.3 Å².